The van der Waals surface area contributed by atoms with E-state index in [9.17, 15) is 0 Å². The summed E-state index contributed by atoms with van der Waals surface area (Å²) in [7, 11) is 2.22. The number of anilines is 1. The molecule has 0 bridgehead atoms. The van der Waals surface area contributed by atoms with Crippen LogP contribution in [0.25, 0.3) is 0 Å². The van der Waals surface area contributed by atoms with Crippen molar-refractivity contribution in [3.63, 3.8) is 0 Å². The normalized spacial score (nSPS) is 26.7. The number of nitrogens with zero attached hydrogens (tertiary/aromatic N) is 1. The minimum absolute atomic E-state index is 0.633. The average Bonchev–Trinajstić information content (AvgIpc) is 2.27. The molecule has 16 heavy (non-hydrogen) atoms. The third-order valence-electron chi connectivity index (χ3n) is 3.63. The van der Waals surface area contributed by atoms with Crippen LogP contribution < -0.4 is 5.32 Å². The van der Waals surface area contributed by atoms with Crippen molar-refractivity contribution in [3.05, 3.63) is 29.8 Å². The first-order valence-electron chi connectivity index (χ1n) is 6.18. The van der Waals surface area contributed by atoms with Crippen molar-refractivity contribution in [3.8, 4) is 0 Å². The molecule has 0 spiro atoms. The Bertz CT molecular complexity index is 331. The Morgan fingerprint density at radius 3 is 2.56 bits per heavy atom. The van der Waals surface area contributed by atoms with Crippen molar-refractivity contribution in [1.82, 2.24) is 4.90 Å². The van der Waals surface area contributed by atoms with Gasteiger partial charge in [-0.3, -0.25) is 0 Å². The van der Waals surface area contributed by atoms with E-state index >= 15 is 0 Å². The van der Waals surface area contributed by atoms with E-state index in [0.29, 0.717) is 12.1 Å². The van der Waals surface area contributed by atoms with Gasteiger partial charge in [-0.25, -0.2) is 0 Å². The highest BCUT2D eigenvalue weighted by atomic mass is 15.1. The lowest BCUT2D eigenvalue weighted by molar-refractivity contribution is 0.190. The smallest absolute Gasteiger partial charge is 0.0342 e. The van der Waals surface area contributed by atoms with Crippen LogP contribution in [0.1, 0.15) is 25.3 Å². The predicted molar refractivity (Wildman–Crippen MR) is 69.9 cm³/mol. The van der Waals surface area contributed by atoms with Crippen LogP contribution in [0.5, 0.6) is 0 Å². The molecule has 88 valence electrons. The fraction of sp³-hybridized carbons (Fsp3) is 0.571. The van der Waals surface area contributed by atoms with E-state index in [0.717, 1.165) is 0 Å². The minimum atomic E-state index is 0.633. The van der Waals surface area contributed by atoms with E-state index in [-0.39, 0.29) is 0 Å². The van der Waals surface area contributed by atoms with E-state index in [1.807, 2.05) is 0 Å². The SMILES string of the molecule is Cc1ccc(NC2CCN(C)C(C)C2)cc1. The van der Waals surface area contributed by atoms with E-state index < -0.39 is 0 Å². The summed E-state index contributed by atoms with van der Waals surface area (Å²) in [6.07, 6.45) is 2.49. The molecule has 1 heterocycles. The lowest BCUT2D eigenvalue weighted by atomic mass is 9.98. The molecule has 2 nitrogen and oxygen atoms in total. The number of hydrogen-bond donors (Lipinski definition) is 1. The van der Waals surface area contributed by atoms with E-state index in [2.05, 4.69) is 55.4 Å². The summed E-state index contributed by atoms with van der Waals surface area (Å²) < 4.78 is 0. The monoisotopic (exact) mass is 218 g/mol. The third-order valence-corrected chi connectivity index (χ3v) is 3.63. The summed E-state index contributed by atoms with van der Waals surface area (Å²) in [6.45, 7) is 5.63. The zero-order valence-electron chi connectivity index (χ0n) is 10.5. The molecular weight excluding hydrogens is 196 g/mol. The summed E-state index contributed by atoms with van der Waals surface area (Å²) in [6, 6.07) is 10.0. The molecule has 2 unspecified atom stereocenters. The second kappa shape index (κ2) is 4.88. The van der Waals surface area contributed by atoms with Crippen LogP contribution >= 0.6 is 0 Å². The Labute approximate surface area is 98.7 Å². The summed E-state index contributed by atoms with van der Waals surface area (Å²) in [5, 5.41) is 3.63. The van der Waals surface area contributed by atoms with Crippen LogP contribution in [0.4, 0.5) is 5.69 Å². The second-order valence-corrected chi connectivity index (χ2v) is 5.06. The highest BCUT2D eigenvalue weighted by molar-refractivity contribution is 5.45. The van der Waals surface area contributed by atoms with Gasteiger partial charge in [0.1, 0.15) is 0 Å². The maximum absolute atomic E-state index is 3.63. The van der Waals surface area contributed by atoms with Crippen LogP contribution in [0.2, 0.25) is 0 Å². The van der Waals surface area contributed by atoms with Gasteiger partial charge in [0, 0.05) is 24.3 Å². The lowest BCUT2D eigenvalue weighted by Crippen LogP contribution is -2.42. The number of piperidine rings is 1. The molecule has 0 radical (unpaired) electrons. The van der Waals surface area contributed by atoms with Crippen LogP contribution in [0.3, 0.4) is 0 Å². The van der Waals surface area contributed by atoms with Crippen molar-refractivity contribution in [2.24, 2.45) is 0 Å². The Morgan fingerprint density at radius 1 is 1.25 bits per heavy atom. The lowest BCUT2D eigenvalue weighted by Gasteiger charge is -2.35. The standard InChI is InChI=1S/C14H22N2/c1-11-4-6-13(7-5-11)15-14-8-9-16(3)12(2)10-14/h4-7,12,14-15H,8-10H2,1-3H3. The quantitative estimate of drug-likeness (QED) is 0.821. The highest BCUT2D eigenvalue weighted by Crippen LogP contribution is 2.20. The van der Waals surface area contributed by atoms with Crippen molar-refractivity contribution in [2.75, 3.05) is 18.9 Å². The summed E-state index contributed by atoms with van der Waals surface area (Å²) in [5.74, 6) is 0. The van der Waals surface area contributed by atoms with Gasteiger partial charge in [0.2, 0.25) is 0 Å². The topological polar surface area (TPSA) is 15.3 Å². The van der Waals surface area contributed by atoms with Crippen molar-refractivity contribution < 1.29 is 0 Å². The Morgan fingerprint density at radius 2 is 1.94 bits per heavy atom. The van der Waals surface area contributed by atoms with Gasteiger partial charge in [-0.2, -0.15) is 0 Å². The number of likely N-dealkylation sites (tertiary alicyclic amines) is 1. The molecule has 1 aliphatic heterocycles. The van der Waals surface area contributed by atoms with Gasteiger partial charge in [-0.1, -0.05) is 17.7 Å². The summed E-state index contributed by atoms with van der Waals surface area (Å²) in [5.41, 5.74) is 2.58. The molecule has 1 aromatic carbocycles. The van der Waals surface area contributed by atoms with Crippen LogP contribution in [-0.2, 0) is 0 Å². The van der Waals surface area contributed by atoms with Gasteiger partial charge < -0.3 is 10.2 Å². The number of aryl methyl sites for hydroxylation is 1. The van der Waals surface area contributed by atoms with E-state index in [4.69, 9.17) is 0 Å². The first kappa shape index (κ1) is 11.5. The van der Waals surface area contributed by atoms with Crippen LogP contribution in [0.15, 0.2) is 24.3 Å². The molecule has 1 fully saturated rings. The Kier molecular flexibility index (Phi) is 3.49. The van der Waals surface area contributed by atoms with Gasteiger partial charge in [-0.05, 0) is 45.9 Å². The molecule has 1 aromatic rings. The molecule has 2 atom stereocenters. The van der Waals surface area contributed by atoms with Crippen molar-refractivity contribution in [1.29, 1.82) is 0 Å². The second-order valence-electron chi connectivity index (χ2n) is 5.06. The molecule has 0 saturated carbocycles. The van der Waals surface area contributed by atoms with Crippen LogP contribution in [0, 0.1) is 6.92 Å². The zero-order chi connectivity index (χ0) is 11.5. The van der Waals surface area contributed by atoms with E-state index in [1.54, 1.807) is 0 Å². The molecule has 0 aliphatic carbocycles. The highest BCUT2D eigenvalue weighted by Gasteiger charge is 2.22. The van der Waals surface area contributed by atoms with Gasteiger partial charge in [0.25, 0.3) is 0 Å². The first-order valence-corrected chi connectivity index (χ1v) is 6.18. The minimum Gasteiger partial charge on any atom is -0.382 e. The summed E-state index contributed by atoms with van der Waals surface area (Å²) >= 11 is 0. The summed E-state index contributed by atoms with van der Waals surface area (Å²) in [4.78, 5) is 2.44. The molecule has 1 N–H and O–H groups in total. The Hall–Kier alpha value is -1.02. The van der Waals surface area contributed by atoms with Gasteiger partial charge in [0.15, 0.2) is 0 Å². The number of hydrogen-bond acceptors (Lipinski definition) is 2. The molecule has 2 heteroatoms. The molecule has 1 saturated heterocycles. The number of nitrogens with one attached hydrogen (secondary N) is 1. The number of rotatable bonds is 2. The molecule has 1 aliphatic rings. The molecular formula is C14H22N2. The van der Waals surface area contributed by atoms with Gasteiger partial charge in [0.05, 0.1) is 0 Å². The first-order chi connectivity index (χ1) is 7.65. The fourth-order valence-corrected chi connectivity index (χ4v) is 2.31. The zero-order valence-corrected chi connectivity index (χ0v) is 10.5. The Balaban J connectivity index is 1.93. The van der Waals surface area contributed by atoms with E-state index in [1.165, 1.54) is 30.6 Å². The van der Waals surface area contributed by atoms with Crippen molar-refractivity contribution in [2.45, 2.75) is 38.8 Å². The molecule has 0 amide bonds. The van der Waals surface area contributed by atoms with Crippen LogP contribution in [-0.4, -0.2) is 30.6 Å². The largest absolute Gasteiger partial charge is 0.382 e. The molecule has 2 rings (SSSR count). The molecule has 0 aromatic heterocycles. The third kappa shape index (κ3) is 2.76. The maximum atomic E-state index is 3.63. The van der Waals surface area contributed by atoms with Gasteiger partial charge >= 0.3 is 0 Å². The fourth-order valence-electron chi connectivity index (χ4n) is 2.31. The maximum Gasteiger partial charge on any atom is 0.0342 e. The predicted octanol–water partition coefficient (Wildman–Crippen LogP) is 2.89. The van der Waals surface area contributed by atoms with Gasteiger partial charge in [-0.15, -0.1) is 0 Å². The number of benzene rings is 1. The average molecular weight is 218 g/mol. The van der Waals surface area contributed by atoms with Crippen molar-refractivity contribution >= 4 is 5.69 Å².